The number of carbonyl (C=O) groups is 2. The van der Waals surface area contributed by atoms with Gasteiger partial charge in [0.15, 0.2) is 17.1 Å². The first-order chi connectivity index (χ1) is 9.06. The molecule has 0 bridgehead atoms. The van der Waals surface area contributed by atoms with Crippen molar-refractivity contribution in [1.82, 2.24) is 9.88 Å². The number of carboxylic acid groups (broad SMARTS) is 1. The smallest absolute Gasteiger partial charge is 0.409 e. The van der Waals surface area contributed by atoms with Crippen LogP contribution < -0.4 is 5.32 Å². The van der Waals surface area contributed by atoms with Crippen LogP contribution in [0.4, 0.5) is 9.93 Å². The molecule has 0 aliphatic carbocycles. The standard InChI is InChI=1S/C11H17N3O4S/c1-2-3-8(15)9(16)14(11(17)18)6-4-12-10-13-5-7-19-10/h5,7,9,16H,2-4,6H2,1H3,(H,12,13)(H,17,18). The lowest BCUT2D eigenvalue weighted by Crippen LogP contribution is -2.46. The second-order valence-electron chi connectivity index (χ2n) is 3.83. The van der Waals surface area contributed by atoms with Gasteiger partial charge in [0.2, 0.25) is 0 Å². The van der Waals surface area contributed by atoms with Gasteiger partial charge in [-0.05, 0) is 6.42 Å². The first-order valence-electron chi connectivity index (χ1n) is 5.90. The van der Waals surface area contributed by atoms with E-state index < -0.39 is 18.1 Å². The van der Waals surface area contributed by atoms with Crippen LogP contribution in [0.5, 0.6) is 0 Å². The van der Waals surface area contributed by atoms with Gasteiger partial charge in [-0.1, -0.05) is 6.92 Å². The lowest BCUT2D eigenvalue weighted by atomic mass is 10.2. The third kappa shape index (κ3) is 4.84. The van der Waals surface area contributed by atoms with Crippen molar-refractivity contribution < 1.29 is 19.8 Å². The van der Waals surface area contributed by atoms with E-state index in [4.69, 9.17) is 5.11 Å². The molecule has 0 saturated heterocycles. The molecule has 3 N–H and O–H groups in total. The number of carbonyl (C=O) groups excluding carboxylic acids is 1. The highest BCUT2D eigenvalue weighted by Gasteiger charge is 2.26. The number of nitrogens with one attached hydrogen (secondary N) is 1. The van der Waals surface area contributed by atoms with Crippen molar-refractivity contribution in [1.29, 1.82) is 0 Å². The Hall–Kier alpha value is -1.67. The number of hydrogen-bond acceptors (Lipinski definition) is 6. The van der Waals surface area contributed by atoms with E-state index in [0.717, 1.165) is 4.90 Å². The molecule has 1 atom stereocenters. The molecule has 0 spiro atoms. The number of hydrogen-bond donors (Lipinski definition) is 3. The fraction of sp³-hybridized carbons (Fsp3) is 0.545. The number of aliphatic hydroxyl groups excluding tert-OH is 1. The summed E-state index contributed by atoms with van der Waals surface area (Å²) < 4.78 is 0. The van der Waals surface area contributed by atoms with E-state index in [1.807, 2.05) is 0 Å². The molecule has 0 saturated carbocycles. The number of anilines is 1. The van der Waals surface area contributed by atoms with E-state index in [2.05, 4.69) is 10.3 Å². The van der Waals surface area contributed by atoms with Gasteiger partial charge in [-0.2, -0.15) is 0 Å². The van der Waals surface area contributed by atoms with Crippen LogP contribution in [0.3, 0.4) is 0 Å². The number of amides is 1. The lowest BCUT2D eigenvalue weighted by molar-refractivity contribution is -0.135. The third-order valence-electron chi connectivity index (χ3n) is 2.39. The van der Waals surface area contributed by atoms with Crippen LogP contribution in [0.2, 0.25) is 0 Å². The second-order valence-corrected chi connectivity index (χ2v) is 4.72. The Morgan fingerprint density at radius 2 is 2.32 bits per heavy atom. The van der Waals surface area contributed by atoms with Crippen LogP contribution in [0, 0.1) is 0 Å². The largest absolute Gasteiger partial charge is 0.465 e. The minimum atomic E-state index is -1.60. The van der Waals surface area contributed by atoms with E-state index in [1.54, 1.807) is 18.5 Å². The Morgan fingerprint density at radius 3 is 2.84 bits per heavy atom. The Labute approximate surface area is 114 Å². The van der Waals surface area contributed by atoms with Crippen molar-refractivity contribution in [2.75, 3.05) is 18.4 Å². The summed E-state index contributed by atoms with van der Waals surface area (Å²) in [6, 6.07) is 0. The molecule has 1 heterocycles. The van der Waals surface area contributed by atoms with Crippen LogP contribution in [-0.2, 0) is 4.79 Å². The predicted molar refractivity (Wildman–Crippen MR) is 71.3 cm³/mol. The molecular formula is C11H17N3O4S. The molecule has 1 amide bonds. The third-order valence-corrected chi connectivity index (χ3v) is 3.12. The highest BCUT2D eigenvalue weighted by atomic mass is 32.1. The Morgan fingerprint density at radius 1 is 1.58 bits per heavy atom. The van der Waals surface area contributed by atoms with Gasteiger partial charge in [0.05, 0.1) is 0 Å². The topological polar surface area (TPSA) is 103 Å². The highest BCUT2D eigenvalue weighted by molar-refractivity contribution is 7.13. The molecule has 0 radical (unpaired) electrons. The van der Waals surface area contributed by atoms with Gasteiger partial charge in [0.25, 0.3) is 0 Å². The Kier molecular flexibility index (Phi) is 6.23. The molecule has 0 aliphatic rings. The lowest BCUT2D eigenvalue weighted by Gasteiger charge is -2.24. The van der Waals surface area contributed by atoms with E-state index in [0.29, 0.717) is 11.6 Å². The highest BCUT2D eigenvalue weighted by Crippen LogP contribution is 2.10. The number of Topliss-reactive ketones (excluding diaryl/α,β-unsaturated/α-hetero) is 1. The summed E-state index contributed by atoms with van der Waals surface area (Å²) in [6.07, 6.45) is -0.568. The van der Waals surface area contributed by atoms with E-state index in [-0.39, 0.29) is 19.5 Å². The molecule has 1 aromatic rings. The average Bonchev–Trinajstić information content (AvgIpc) is 2.86. The molecule has 8 heteroatoms. The van der Waals surface area contributed by atoms with Crippen LogP contribution in [-0.4, -0.2) is 51.3 Å². The van der Waals surface area contributed by atoms with Crippen LogP contribution in [0.25, 0.3) is 0 Å². The quantitative estimate of drug-likeness (QED) is 0.621. The fourth-order valence-corrected chi connectivity index (χ4v) is 2.02. The van der Waals surface area contributed by atoms with Gasteiger partial charge < -0.3 is 15.5 Å². The summed E-state index contributed by atoms with van der Waals surface area (Å²) in [4.78, 5) is 27.2. The van der Waals surface area contributed by atoms with Crippen LogP contribution in [0.15, 0.2) is 11.6 Å². The van der Waals surface area contributed by atoms with Gasteiger partial charge in [-0.15, -0.1) is 11.3 Å². The molecule has 1 unspecified atom stereocenters. The summed E-state index contributed by atoms with van der Waals surface area (Å²) in [5.41, 5.74) is 0. The molecule has 19 heavy (non-hydrogen) atoms. The van der Waals surface area contributed by atoms with Gasteiger partial charge in [0, 0.05) is 31.1 Å². The first kappa shape index (κ1) is 15.4. The first-order valence-corrected chi connectivity index (χ1v) is 6.78. The molecule has 7 nitrogen and oxygen atoms in total. The van der Waals surface area contributed by atoms with Crippen molar-refractivity contribution in [3.05, 3.63) is 11.6 Å². The Balaban J connectivity index is 2.48. The number of aliphatic hydroxyl groups is 1. The fourth-order valence-electron chi connectivity index (χ4n) is 1.47. The molecule has 0 aliphatic heterocycles. The Bertz CT molecular complexity index is 410. The average molecular weight is 287 g/mol. The molecule has 106 valence electrons. The van der Waals surface area contributed by atoms with E-state index in [1.165, 1.54) is 11.3 Å². The summed E-state index contributed by atoms with van der Waals surface area (Å²) in [6.45, 7) is 2.07. The van der Waals surface area contributed by atoms with Crippen molar-refractivity contribution in [2.45, 2.75) is 26.0 Å². The molecule has 1 aromatic heterocycles. The summed E-state index contributed by atoms with van der Waals surface area (Å²) in [5, 5.41) is 24.1. The minimum Gasteiger partial charge on any atom is -0.465 e. The number of ketones is 1. The molecule has 0 fully saturated rings. The van der Waals surface area contributed by atoms with Gasteiger partial charge >= 0.3 is 6.09 Å². The van der Waals surface area contributed by atoms with Crippen molar-refractivity contribution in [3.8, 4) is 0 Å². The van der Waals surface area contributed by atoms with Gasteiger partial charge in [-0.25, -0.2) is 9.78 Å². The molecular weight excluding hydrogens is 270 g/mol. The number of rotatable bonds is 8. The number of nitrogens with zero attached hydrogens (tertiary/aromatic N) is 2. The van der Waals surface area contributed by atoms with Gasteiger partial charge in [0.1, 0.15) is 0 Å². The summed E-state index contributed by atoms with van der Waals surface area (Å²) in [5.74, 6) is -0.487. The summed E-state index contributed by atoms with van der Waals surface area (Å²) >= 11 is 1.39. The monoisotopic (exact) mass is 287 g/mol. The van der Waals surface area contributed by atoms with E-state index in [9.17, 15) is 14.7 Å². The van der Waals surface area contributed by atoms with E-state index >= 15 is 0 Å². The maximum absolute atomic E-state index is 11.5. The minimum absolute atomic E-state index is 0.00549. The number of aromatic nitrogens is 1. The molecule has 0 aromatic carbocycles. The predicted octanol–water partition coefficient (Wildman–Crippen LogP) is 1.22. The maximum Gasteiger partial charge on any atom is 0.409 e. The SMILES string of the molecule is CCCC(=O)C(O)N(CCNc1nccs1)C(=O)O. The zero-order chi connectivity index (χ0) is 14.3. The zero-order valence-electron chi connectivity index (χ0n) is 10.6. The van der Waals surface area contributed by atoms with Crippen molar-refractivity contribution in [2.24, 2.45) is 0 Å². The van der Waals surface area contributed by atoms with Crippen LogP contribution in [0.1, 0.15) is 19.8 Å². The zero-order valence-corrected chi connectivity index (χ0v) is 11.4. The van der Waals surface area contributed by atoms with Crippen molar-refractivity contribution in [3.63, 3.8) is 0 Å². The second kappa shape index (κ2) is 7.70. The normalized spacial score (nSPS) is 11.9. The maximum atomic E-state index is 11.5. The van der Waals surface area contributed by atoms with Crippen LogP contribution >= 0.6 is 11.3 Å². The van der Waals surface area contributed by atoms with Gasteiger partial charge in [-0.3, -0.25) is 9.69 Å². The molecule has 1 rings (SSSR count). The number of thiazole rings is 1. The summed E-state index contributed by atoms with van der Waals surface area (Å²) in [7, 11) is 0. The van der Waals surface area contributed by atoms with Crippen molar-refractivity contribution >= 4 is 28.3 Å².